The highest BCUT2D eigenvalue weighted by atomic mass is 19.1. The van der Waals surface area contributed by atoms with Crippen LogP contribution >= 0.6 is 0 Å². The summed E-state index contributed by atoms with van der Waals surface area (Å²) < 4.78 is 26.1. The van der Waals surface area contributed by atoms with Gasteiger partial charge in [-0.05, 0) is 29.7 Å². The summed E-state index contributed by atoms with van der Waals surface area (Å²) in [6.45, 7) is 2.03. The number of rotatable bonds is 5. The third kappa shape index (κ3) is 3.63. The molecule has 0 atom stereocenters. The lowest BCUT2D eigenvalue weighted by Gasteiger charge is -2.03. The molecule has 0 radical (unpaired) electrons. The van der Waals surface area contributed by atoms with E-state index in [9.17, 15) is 8.78 Å². The molecule has 20 heavy (non-hydrogen) atoms. The Kier molecular flexibility index (Phi) is 4.82. The Balaban J connectivity index is 1.97. The third-order valence-corrected chi connectivity index (χ3v) is 2.94. The van der Waals surface area contributed by atoms with Crippen LogP contribution in [0.15, 0.2) is 47.6 Å². The molecule has 0 N–H and O–H groups in total. The highest BCUT2D eigenvalue weighted by molar-refractivity contribution is 5.81. The highest BCUT2D eigenvalue weighted by Gasteiger charge is 2.03. The van der Waals surface area contributed by atoms with E-state index in [4.69, 9.17) is 4.84 Å². The summed E-state index contributed by atoms with van der Waals surface area (Å²) in [5.74, 6) is -1.24. The van der Waals surface area contributed by atoms with Crippen molar-refractivity contribution in [3.63, 3.8) is 0 Å². The summed E-state index contributed by atoms with van der Waals surface area (Å²) in [7, 11) is 0. The molecule has 0 fully saturated rings. The molecule has 0 bridgehead atoms. The van der Waals surface area contributed by atoms with E-state index in [1.165, 1.54) is 12.1 Å². The first-order valence-corrected chi connectivity index (χ1v) is 6.38. The first kappa shape index (κ1) is 14.2. The van der Waals surface area contributed by atoms with Crippen LogP contribution in [-0.2, 0) is 17.9 Å². The lowest BCUT2D eigenvalue weighted by atomic mass is 10.1. The normalized spacial score (nSPS) is 10.9. The molecule has 2 rings (SSSR count). The van der Waals surface area contributed by atoms with Crippen LogP contribution in [0, 0.1) is 11.6 Å². The van der Waals surface area contributed by atoms with E-state index in [0.717, 1.165) is 23.6 Å². The minimum atomic E-state index is -0.630. The summed E-state index contributed by atoms with van der Waals surface area (Å²) in [6, 6.07) is 11.2. The molecule has 0 saturated heterocycles. The van der Waals surface area contributed by atoms with Crippen LogP contribution in [0.5, 0.6) is 0 Å². The number of hydrogen-bond acceptors (Lipinski definition) is 2. The van der Waals surface area contributed by atoms with Crippen LogP contribution in [0.1, 0.15) is 23.6 Å². The van der Waals surface area contributed by atoms with E-state index in [1.807, 2.05) is 24.3 Å². The Morgan fingerprint density at radius 3 is 2.65 bits per heavy atom. The lowest BCUT2D eigenvalue weighted by Crippen LogP contribution is -1.95. The van der Waals surface area contributed by atoms with Crippen LogP contribution in [0.25, 0.3) is 0 Å². The largest absolute Gasteiger partial charge is 0.391 e. The van der Waals surface area contributed by atoms with Gasteiger partial charge in [-0.2, -0.15) is 0 Å². The van der Waals surface area contributed by atoms with Crippen LogP contribution in [0.4, 0.5) is 8.78 Å². The zero-order valence-corrected chi connectivity index (χ0v) is 11.1. The number of hydrogen-bond donors (Lipinski definition) is 0. The second kappa shape index (κ2) is 6.80. The molecule has 0 aromatic heterocycles. The Labute approximate surface area is 116 Å². The maximum atomic E-state index is 13.3. The van der Waals surface area contributed by atoms with Gasteiger partial charge in [-0.1, -0.05) is 36.3 Å². The molecular formula is C16H15F2NO. The summed E-state index contributed by atoms with van der Waals surface area (Å²) in [4.78, 5) is 5.05. The van der Waals surface area contributed by atoms with Gasteiger partial charge in [0.25, 0.3) is 0 Å². The van der Waals surface area contributed by atoms with Crippen LogP contribution in [0.3, 0.4) is 0 Å². The van der Waals surface area contributed by atoms with Crippen LogP contribution < -0.4 is 0 Å². The van der Waals surface area contributed by atoms with Gasteiger partial charge >= 0.3 is 0 Å². The highest BCUT2D eigenvalue weighted by Crippen LogP contribution is 2.11. The first-order valence-electron chi connectivity index (χ1n) is 6.38. The summed E-state index contributed by atoms with van der Waals surface area (Å²) in [6.07, 6.45) is 2.50. The molecule has 0 heterocycles. The van der Waals surface area contributed by atoms with Gasteiger partial charge in [0.05, 0.1) is 6.21 Å². The predicted octanol–water partition coefficient (Wildman–Crippen LogP) is 4.08. The molecule has 0 aliphatic rings. The van der Waals surface area contributed by atoms with Crippen molar-refractivity contribution < 1.29 is 13.6 Å². The lowest BCUT2D eigenvalue weighted by molar-refractivity contribution is 0.129. The average Bonchev–Trinajstić information content (AvgIpc) is 2.46. The molecule has 2 aromatic carbocycles. The second-order valence-electron chi connectivity index (χ2n) is 4.30. The molecule has 0 unspecified atom stereocenters. The Morgan fingerprint density at radius 2 is 1.90 bits per heavy atom. The van der Waals surface area contributed by atoms with Crippen LogP contribution in [0.2, 0.25) is 0 Å². The zero-order chi connectivity index (χ0) is 14.4. The third-order valence-electron chi connectivity index (χ3n) is 2.94. The van der Waals surface area contributed by atoms with Gasteiger partial charge in [0.1, 0.15) is 18.2 Å². The predicted molar refractivity (Wildman–Crippen MR) is 74.6 cm³/mol. The summed E-state index contributed by atoms with van der Waals surface area (Å²) in [5.41, 5.74) is 2.40. The molecule has 4 heteroatoms. The molecule has 0 amide bonds. The second-order valence-corrected chi connectivity index (χ2v) is 4.30. The molecule has 0 aliphatic carbocycles. The van der Waals surface area contributed by atoms with Crippen molar-refractivity contribution in [3.8, 4) is 0 Å². The van der Waals surface area contributed by atoms with Gasteiger partial charge in [0.2, 0.25) is 0 Å². The number of halogens is 2. The van der Waals surface area contributed by atoms with Crippen molar-refractivity contribution in [2.45, 2.75) is 20.0 Å². The maximum Gasteiger partial charge on any atom is 0.145 e. The Bertz CT molecular complexity index is 611. The smallest absolute Gasteiger partial charge is 0.145 e. The molecular weight excluding hydrogens is 260 g/mol. The molecule has 0 spiro atoms. The van der Waals surface area contributed by atoms with E-state index in [2.05, 4.69) is 12.1 Å². The fourth-order valence-corrected chi connectivity index (χ4v) is 1.82. The standard InChI is InChI=1S/C16H15F2NO/c1-2-12-5-3-4-6-13(12)10-19-20-11-14-7-8-15(17)9-16(14)18/h3-10H,2,11H2,1H3. The average molecular weight is 275 g/mol. The van der Waals surface area contributed by atoms with Gasteiger partial charge < -0.3 is 4.84 Å². The van der Waals surface area contributed by atoms with E-state index in [1.54, 1.807) is 6.21 Å². The summed E-state index contributed by atoms with van der Waals surface area (Å²) >= 11 is 0. The van der Waals surface area contributed by atoms with Gasteiger partial charge in [0, 0.05) is 11.6 Å². The number of oxime groups is 1. The molecule has 104 valence electrons. The van der Waals surface area contributed by atoms with Crippen molar-refractivity contribution >= 4 is 6.21 Å². The van der Waals surface area contributed by atoms with Gasteiger partial charge in [-0.3, -0.25) is 0 Å². The number of benzene rings is 2. The topological polar surface area (TPSA) is 21.6 Å². The minimum Gasteiger partial charge on any atom is -0.391 e. The number of aryl methyl sites for hydroxylation is 1. The van der Waals surface area contributed by atoms with Crippen molar-refractivity contribution in [2.24, 2.45) is 5.16 Å². The SMILES string of the molecule is CCc1ccccc1C=NOCc1ccc(F)cc1F. The quantitative estimate of drug-likeness (QED) is 0.595. The van der Waals surface area contributed by atoms with Crippen molar-refractivity contribution in [2.75, 3.05) is 0 Å². The number of nitrogens with zero attached hydrogens (tertiary/aromatic N) is 1. The molecule has 0 aliphatic heterocycles. The first-order chi connectivity index (χ1) is 9.70. The Hall–Kier alpha value is -2.23. The van der Waals surface area contributed by atoms with Gasteiger partial charge in [0.15, 0.2) is 0 Å². The van der Waals surface area contributed by atoms with E-state index < -0.39 is 11.6 Å². The summed E-state index contributed by atoms with van der Waals surface area (Å²) in [5, 5.41) is 3.82. The van der Waals surface area contributed by atoms with Gasteiger partial charge in [-0.15, -0.1) is 0 Å². The zero-order valence-electron chi connectivity index (χ0n) is 11.1. The minimum absolute atomic E-state index is 0.0308. The van der Waals surface area contributed by atoms with E-state index in [-0.39, 0.29) is 12.2 Å². The van der Waals surface area contributed by atoms with Crippen LogP contribution in [-0.4, -0.2) is 6.21 Å². The fourth-order valence-electron chi connectivity index (χ4n) is 1.82. The van der Waals surface area contributed by atoms with E-state index in [0.29, 0.717) is 0 Å². The fraction of sp³-hybridized carbons (Fsp3) is 0.188. The van der Waals surface area contributed by atoms with Gasteiger partial charge in [-0.25, -0.2) is 8.78 Å². The van der Waals surface area contributed by atoms with Crippen molar-refractivity contribution in [1.82, 2.24) is 0 Å². The van der Waals surface area contributed by atoms with E-state index >= 15 is 0 Å². The van der Waals surface area contributed by atoms with Crippen molar-refractivity contribution in [1.29, 1.82) is 0 Å². The van der Waals surface area contributed by atoms with Crippen molar-refractivity contribution in [3.05, 3.63) is 70.8 Å². The molecule has 0 saturated carbocycles. The Morgan fingerprint density at radius 1 is 1.10 bits per heavy atom. The molecule has 2 nitrogen and oxygen atoms in total. The molecule has 2 aromatic rings. The monoisotopic (exact) mass is 275 g/mol. The maximum absolute atomic E-state index is 13.3.